The monoisotopic (exact) mass is 390 g/mol. The van der Waals surface area contributed by atoms with Crippen LogP contribution >= 0.6 is 11.6 Å². The molecule has 1 aliphatic rings. The van der Waals surface area contributed by atoms with Crippen LogP contribution in [0.3, 0.4) is 0 Å². The Balaban J connectivity index is 1.56. The van der Waals surface area contributed by atoms with Gasteiger partial charge in [-0.15, -0.1) is 10.2 Å². The lowest BCUT2D eigenvalue weighted by molar-refractivity contribution is 0.0985. The molecule has 5 rings (SSSR count). The summed E-state index contributed by atoms with van der Waals surface area (Å²) in [7, 11) is 0. The molecule has 4 aromatic rings. The summed E-state index contributed by atoms with van der Waals surface area (Å²) < 4.78 is 2.16. The number of H-pyrrole nitrogens is 1. The highest BCUT2D eigenvalue weighted by Gasteiger charge is 2.26. The molecule has 138 valence electrons. The van der Waals surface area contributed by atoms with Crippen molar-refractivity contribution < 1.29 is 4.79 Å². The fourth-order valence-electron chi connectivity index (χ4n) is 3.52. The number of halogens is 1. The number of fused-ring (bicyclic) bond motifs is 2. The SMILES string of the molecule is O=C(c1ccc(-c2nn[nH]n2)cc1Cl)N1Cc2cccn2Cc2ccccc21. The maximum Gasteiger partial charge on any atom is 0.260 e. The molecule has 3 heterocycles. The van der Waals surface area contributed by atoms with Crippen molar-refractivity contribution in [3.05, 3.63) is 82.6 Å². The van der Waals surface area contributed by atoms with Gasteiger partial charge in [0.2, 0.25) is 5.82 Å². The maximum absolute atomic E-state index is 13.4. The van der Waals surface area contributed by atoms with Crippen molar-refractivity contribution in [2.75, 3.05) is 4.90 Å². The molecule has 0 fully saturated rings. The fraction of sp³-hybridized carbons (Fsp3) is 0.100. The third kappa shape index (κ3) is 2.76. The molecule has 2 aromatic carbocycles. The highest BCUT2D eigenvalue weighted by atomic mass is 35.5. The Labute approximate surface area is 165 Å². The minimum absolute atomic E-state index is 0.147. The van der Waals surface area contributed by atoms with Crippen molar-refractivity contribution in [3.8, 4) is 11.4 Å². The smallest absolute Gasteiger partial charge is 0.260 e. The van der Waals surface area contributed by atoms with E-state index in [9.17, 15) is 4.79 Å². The van der Waals surface area contributed by atoms with Crippen LogP contribution in [0.15, 0.2) is 60.8 Å². The van der Waals surface area contributed by atoms with Gasteiger partial charge >= 0.3 is 0 Å². The summed E-state index contributed by atoms with van der Waals surface area (Å²) >= 11 is 6.47. The molecule has 0 aliphatic carbocycles. The molecule has 0 atom stereocenters. The van der Waals surface area contributed by atoms with Gasteiger partial charge < -0.3 is 9.47 Å². The number of aromatic nitrogens is 5. The molecule has 1 aliphatic heterocycles. The normalized spacial score (nSPS) is 13.0. The van der Waals surface area contributed by atoms with E-state index in [2.05, 4.69) is 25.2 Å². The van der Waals surface area contributed by atoms with Crippen LogP contribution in [0.1, 0.15) is 21.6 Å². The zero-order valence-electron chi connectivity index (χ0n) is 14.7. The van der Waals surface area contributed by atoms with Crippen LogP contribution in [0.4, 0.5) is 5.69 Å². The van der Waals surface area contributed by atoms with Crippen LogP contribution < -0.4 is 4.90 Å². The molecular weight excluding hydrogens is 376 g/mol. The van der Waals surface area contributed by atoms with Gasteiger partial charge in [0.25, 0.3) is 5.91 Å². The summed E-state index contributed by atoms with van der Waals surface area (Å²) in [5, 5.41) is 14.2. The van der Waals surface area contributed by atoms with Gasteiger partial charge in [-0.25, -0.2) is 0 Å². The third-order valence-corrected chi connectivity index (χ3v) is 5.23. The van der Waals surface area contributed by atoms with Crippen molar-refractivity contribution in [2.45, 2.75) is 13.1 Å². The molecule has 1 amide bonds. The number of tetrazole rings is 1. The van der Waals surface area contributed by atoms with Crippen molar-refractivity contribution >= 4 is 23.2 Å². The second-order valence-electron chi connectivity index (χ2n) is 6.58. The number of nitrogens with one attached hydrogen (secondary N) is 1. The number of hydrogen-bond donors (Lipinski definition) is 1. The van der Waals surface area contributed by atoms with Crippen molar-refractivity contribution in [1.29, 1.82) is 0 Å². The minimum Gasteiger partial charge on any atom is -0.345 e. The Kier molecular flexibility index (Phi) is 3.95. The van der Waals surface area contributed by atoms with Gasteiger partial charge in [-0.3, -0.25) is 4.79 Å². The van der Waals surface area contributed by atoms with E-state index in [1.54, 1.807) is 23.1 Å². The molecule has 2 aromatic heterocycles. The van der Waals surface area contributed by atoms with Crippen molar-refractivity contribution in [1.82, 2.24) is 25.2 Å². The fourth-order valence-corrected chi connectivity index (χ4v) is 3.79. The summed E-state index contributed by atoms with van der Waals surface area (Å²) in [5.74, 6) is 0.283. The number of aromatic amines is 1. The number of carbonyl (C=O) groups excluding carboxylic acids is 1. The summed E-state index contributed by atoms with van der Waals surface area (Å²) in [6, 6.07) is 17.2. The first-order chi connectivity index (χ1) is 13.7. The number of amides is 1. The zero-order chi connectivity index (χ0) is 19.1. The highest BCUT2D eigenvalue weighted by Crippen LogP contribution is 2.31. The van der Waals surface area contributed by atoms with E-state index in [0.29, 0.717) is 28.5 Å². The lowest BCUT2D eigenvalue weighted by Crippen LogP contribution is -2.30. The summed E-state index contributed by atoms with van der Waals surface area (Å²) in [6.45, 7) is 1.21. The van der Waals surface area contributed by atoms with E-state index >= 15 is 0 Å². The van der Waals surface area contributed by atoms with Crippen LogP contribution in [-0.2, 0) is 13.1 Å². The molecule has 28 heavy (non-hydrogen) atoms. The lowest BCUT2D eigenvalue weighted by atomic mass is 10.1. The van der Waals surface area contributed by atoms with Crippen LogP contribution in [0.5, 0.6) is 0 Å². The van der Waals surface area contributed by atoms with Gasteiger partial charge in [-0.05, 0) is 41.1 Å². The molecule has 0 unspecified atom stereocenters. The van der Waals surface area contributed by atoms with E-state index in [-0.39, 0.29) is 5.91 Å². The standard InChI is InChI=1S/C20H15ClN6O/c21-17-10-13(19-22-24-25-23-19)7-8-16(17)20(28)27-12-15-5-3-9-26(15)11-14-4-1-2-6-18(14)27/h1-10H,11-12H2,(H,22,23,24,25). The molecule has 8 heteroatoms. The average molecular weight is 391 g/mol. The molecule has 0 saturated carbocycles. The summed E-state index contributed by atoms with van der Waals surface area (Å²) in [4.78, 5) is 15.2. The Bertz CT molecular complexity index is 1170. The largest absolute Gasteiger partial charge is 0.345 e. The molecule has 0 bridgehead atoms. The van der Waals surface area contributed by atoms with E-state index in [4.69, 9.17) is 11.6 Å². The Hall–Kier alpha value is -3.45. The first-order valence-corrected chi connectivity index (χ1v) is 9.15. The first-order valence-electron chi connectivity index (χ1n) is 8.78. The molecule has 0 radical (unpaired) electrons. The van der Waals surface area contributed by atoms with E-state index < -0.39 is 0 Å². The van der Waals surface area contributed by atoms with Crippen molar-refractivity contribution in [3.63, 3.8) is 0 Å². The van der Waals surface area contributed by atoms with Crippen LogP contribution in [-0.4, -0.2) is 31.1 Å². The number of anilines is 1. The van der Waals surface area contributed by atoms with E-state index in [1.807, 2.05) is 42.6 Å². The molecule has 7 nitrogen and oxygen atoms in total. The Morgan fingerprint density at radius 1 is 1.07 bits per heavy atom. The molecule has 0 saturated heterocycles. The summed E-state index contributed by atoms with van der Waals surface area (Å²) in [5.41, 5.74) is 4.19. The number of carbonyl (C=O) groups is 1. The van der Waals surface area contributed by atoms with Gasteiger partial charge in [-0.1, -0.05) is 35.9 Å². The number of rotatable bonds is 2. The summed E-state index contributed by atoms with van der Waals surface area (Å²) in [6.07, 6.45) is 2.03. The Morgan fingerprint density at radius 3 is 2.79 bits per heavy atom. The maximum atomic E-state index is 13.4. The van der Waals surface area contributed by atoms with Crippen LogP contribution in [0, 0.1) is 0 Å². The number of para-hydroxylation sites is 1. The number of nitrogens with zero attached hydrogens (tertiary/aromatic N) is 5. The molecular formula is C20H15ClN6O. The van der Waals surface area contributed by atoms with E-state index in [1.165, 1.54) is 0 Å². The zero-order valence-corrected chi connectivity index (χ0v) is 15.5. The quantitative estimate of drug-likeness (QED) is 0.567. The van der Waals surface area contributed by atoms with Gasteiger partial charge in [0.05, 0.1) is 17.1 Å². The first kappa shape index (κ1) is 16.7. The third-order valence-electron chi connectivity index (χ3n) is 4.91. The van der Waals surface area contributed by atoms with Crippen LogP contribution in [0.25, 0.3) is 11.4 Å². The van der Waals surface area contributed by atoms with Gasteiger partial charge in [-0.2, -0.15) is 5.21 Å². The van der Waals surface area contributed by atoms with Gasteiger partial charge in [0.1, 0.15) is 0 Å². The van der Waals surface area contributed by atoms with Gasteiger partial charge in [0, 0.05) is 29.7 Å². The van der Waals surface area contributed by atoms with E-state index in [0.717, 1.165) is 23.5 Å². The van der Waals surface area contributed by atoms with Crippen molar-refractivity contribution in [2.24, 2.45) is 0 Å². The highest BCUT2D eigenvalue weighted by molar-refractivity contribution is 6.34. The average Bonchev–Trinajstić information content (AvgIpc) is 3.36. The topological polar surface area (TPSA) is 79.7 Å². The van der Waals surface area contributed by atoms with Gasteiger partial charge in [0.15, 0.2) is 0 Å². The minimum atomic E-state index is -0.147. The predicted octanol–water partition coefficient (Wildman–Crippen LogP) is 3.53. The second kappa shape index (κ2) is 6.61. The van der Waals surface area contributed by atoms with Crippen LogP contribution in [0.2, 0.25) is 5.02 Å². The number of hydrogen-bond acceptors (Lipinski definition) is 4. The molecule has 0 spiro atoms. The predicted molar refractivity (Wildman–Crippen MR) is 105 cm³/mol. The number of benzene rings is 2. The second-order valence-corrected chi connectivity index (χ2v) is 6.98. The lowest BCUT2D eigenvalue weighted by Gasteiger charge is -2.23. The molecule has 1 N–H and O–H groups in total. The Morgan fingerprint density at radius 2 is 1.96 bits per heavy atom.